The largest absolute Gasteiger partial charge is 0.455 e. The van der Waals surface area contributed by atoms with Gasteiger partial charge in [-0.3, -0.25) is 0 Å². The smallest absolute Gasteiger partial charge is 0.158 e. The fourth-order valence-corrected chi connectivity index (χ4v) is 8.28. The van der Waals surface area contributed by atoms with E-state index in [1.54, 1.807) is 0 Å². The minimum absolute atomic E-state index is 0.000616. The van der Waals surface area contributed by atoms with Gasteiger partial charge in [-0.15, -0.1) is 0 Å². The van der Waals surface area contributed by atoms with Crippen LogP contribution in [-0.4, -0.2) is 8.42 Å². The summed E-state index contributed by atoms with van der Waals surface area (Å²) in [6.07, 6.45) is 0. The highest BCUT2D eigenvalue weighted by atomic mass is 32.2. The first-order chi connectivity index (χ1) is 21.0. The van der Waals surface area contributed by atoms with Crippen molar-refractivity contribution in [3.05, 3.63) is 132 Å². The molecule has 4 nitrogen and oxygen atoms in total. The Hall–Kier alpha value is -5.13. The summed E-state index contributed by atoms with van der Waals surface area (Å²) in [7, 11) is -3.38. The van der Waals surface area contributed by atoms with Gasteiger partial charge in [0.05, 0.1) is 11.5 Å². The SMILES string of the molecule is O=S1(=O)Cc2cc(-c3cccc4c3oc3ccccc34)ccc2-c2cc(-c3cccc4c3oc3ccccc34)ccc2C1. The third-order valence-electron chi connectivity index (χ3n) is 8.69. The third-order valence-corrected chi connectivity index (χ3v) is 10.2. The molecule has 0 spiro atoms. The molecule has 8 aromatic rings. The lowest BCUT2D eigenvalue weighted by Gasteiger charge is -2.13. The van der Waals surface area contributed by atoms with Crippen molar-refractivity contribution in [1.29, 1.82) is 0 Å². The first-order valence-electron chi connectivity index (χ1n) is 14.3. The molecular weight excluding hydrogens is 552 g/mol. The molecule has 5 heteroatoms. The molecule has 0 amide bonds. The molecule has 1 aliphatic rings. The van der Waals surface area contributed by atoms with Crippen molar-refractivity contribution >= 4 is 53.7 Å². The second kappa shape index (κ2) is 8.93. The fraction of sp³-hybridized carbons (Fsp3) is 0.0526. The summed E-state index contributed by atoms with van der Waals surface area (Å²) < 4.78 is 39.4. The van der Waals surface area contributed by atoms with Crippen LogP contribution < -0.4 is 0 Å². The molecule has 0 unspecified atom stereocenters. The number of hydrogen-bond donors (Lipinski definition) is 0. The average Bonchev–Trinajstić information content (AvgIpc) is 3.56. The molecule has 206 valence electrons. The number of fused-ring (bicyclic) bond motifs is 9. The fourth-order valence-electron chi connectivity index (χ4n) is 6.74. The Morgan fingerprint density at radius 1 is 0.442 bits per heavy atom. The summed E-state index contributed by atoms with van der Waals surface area (Å²) in [6.45, 7) is 0. The van der Waals surface area contributed by atoms with Gasteiger partial charge in [-0.25, -0.2) is 8.42 Å². The number of rotatable bonds is 2. The van der Waals surface area contributed by atoms with Gasteiger partial charge in [0.1, 0.15) is 22.3 Å². The predicted octanol–water partition coefficient (Wildman–Crippen LogP) is 9.91. The van der Waals surface area contributed by atoms with Gasteiger partial charge in [0.2, 0.25) is 0 Å². The van der Waals surface area contributed by atoms with Crippen molar-refractivity contribution in [1.82, 2.24) is 0 Å². The molecule has 0 atom stereocenters. The molecule has 6 aromatic carbocycles. The van der Waals surface area contributed by atoms with Crippen molar-refractivity contribution in [3.63, 3.8) is 0 Å². The van der Waals surface area contributed by atoms with Gasteiger partial charge in [-0.1, -0.05) is 97.1 Å². The van der Waals surface area contributed by atoms with Gasteiger partial charge in [-0.05, 0) is 57.6 Å². The molecule has 1 aliphatic heterocycles. The van der Waals surface area contributed by atoms with Crippen LogP contribution in [0.15, 0.2) is 130 Å². The van der Waals surface area contributed by atoms with Crippen molar-refractivity contribution < 1.29 is 17.3 Å². The van der Waals surface area contributed by atoms with Gasteiger partial charge in [0.15, 0.2) is 9.84 Å². The first kappa shape index (κ1) is 24.5. The Kier molecular flexibility index (Phi) is 5.08. The number of para-hydroxylation sites is 4. The zero-order valence-corrected chi connectivity index (χ0v) is 23.8. The highest BCUT2D eigenvalue weighted by Gasteiger charge is 2.25. The minimum Gasteiger partial charge on any atom is -0.455 e. The van der Waals surface area contributed by atoms with E-state index in [9.17, 15) is 8.42 Å². The van der Waals surface area contributed by atoms with Crippen LogP contribution in [0.2, 0.25) is 0 Å². The molecule has 2 aromatic heterocycles. The summed E-state index contributed by atoms with van der Waals surface area (Å²) in [6, 6.07) is 40.7. The molecule has 0 radical (unpaired) electrons. The van der Waals surface area contributed by atoms with Crippen LogP contribution in [-0.2, 0) is 21.3 Å². The molecule has 0 bridgehead atoms. The van der Waals surface area contributed by atoms with E-state index < -0.39 is 9.84 Å². The first-order valence-corrected chi connectivity index (χ1v) is 16.1. The average molecular weight is 577 g/mol. The van der Waals surface area contributed by atoms with Gasteiger partial charge in [0, 0.05) is 32.7 Å². The minimum atomic E-state index is -3.38. The third kappa shape index (κ3) is 3.78. The van der Waals surface area contributed by atoms with E-state index in [4.69, 9.17) is 8.83 Å². The Labute approximate surface area is 247 Å². The number of furan rings is 2. The van der Waals surface area contributed by atoms with Crippen molar-refractivity contribution in [3.8, 4) is 33.4 Å². The molecular formula is C38H24O4S. The molecule has 9 rings (SSSR count). The lowest BCUT2D eigenvalue weighted by molar-refractivity contribution is 0.595. The molecule has 0 aliphatic carbocycles. The van der Waals surface area contributed by atoms with E-state index in [0.29, 0.717) is 0 Å². The van der Waals surface area contributed by atoms with Crippen LogP contribution in [0.5, 0.6) is 0 Å². The highest BCUT2D eigenvalue weighted by Crippen LogP contribution is 2.42. The molecule has 0 N–H and O–H groups in total. The predicted molar refractivity (Wildman–Crippen MR) is 174 cm³/mol. The van der Waals surface area contributed by atoms with Crippen molar-refractivity contribution in [2.24, 2.45) is 0 Å². The second-order valence-electron chi connectivity index (χ2n) is 11.3. The summed E-state index contributed by atoms with van der Waals surface area (Å²) in [4.78, 5) is 0. The van der Waals surface area contributed by atoms with Gasteiger partial charge >= 0.3 is 0 Å². The standard InChI is InChI=1S/C38H24O4S/c39-43(40)21-25-16-15-24(29-10-6-12-33-31-8-2-4-14-36(31)42-38(29)33)20-34(25)27-18-17-23(19-26(27)22-43)28-9-5-11-32-30-7-1-3-13-35(30)41-37(28)32/h1-20H,21-22H2. The number of hydrogen-bond acceptors (Lipinski definition) is 4. The molecule has 0 saturated carbocycles. The zero-order valence-electron chi connectivity index (χ0n) is 23.0. The molecule has 3 heterocycles. The van der Waals surface area contributed by atoms with E-state index in [-0.39, 0.29) is 11.5 Å². The topological polar surface area (TPSA) is 60.4 Å². The van der Waals surface area contributed by atoms with Crippen molar-refractivity contribution in [2.75, 3.05) is 0 Å². The summed E-state index contributed by atoms with van der Waals surface area (Å²) in [5, 5.41) is 4.26. The summed E-state index contributed by atoms with van der Waals surface area (Å²) in [5.41, 5.74) is 10.7. The van der Waals surface area contributed by atoms with E-state index in [0.717, 1.165) is 88.4 Å². The Bertz CT molecular complexity index is 2530. The quantitative estimate of drug-likeness (QED) is 0.205. The summed E-state index contributed by atoms with van der Waals surface area (Å²) >= 11 is 0. The maximum absolute atomic E-state index is 13.4. The zero-order chi connectivity index (χ0) is 28.7. The molecule has 0 fully saturated rings. The Morgan fingerprint density at radius 2 is 0.977 bits per heavy atom. The number of sulfone groups is 1. The highest BCUT2D eigenvalue weighted by molar-refractivity contribution is 7.89. The maximum Gasteiger partial charge on any atom is 0.158 e. The van der Waals surface area contributed by atoms with E-state index in [1.165, 1.54) is 0 Å². The molecule has 0 saturated heterocycles. The Balaban J connectivity index is 1.23. The number of benzene rings is 6. The maximum atomic E-state index is 13.4. The van der Waals surface area contributed by atoms with E-state index in [1.807, 2.05) is 66.7 Å². The van der Waals surface area contributed by atoms with Gasteiger partial charge < -0.3 is 8.83 Å². The van der Waals surface area contributed by atoms with Crippen LogP contribution >= 0.6 is 0 Å². The lowest BCUT2D eigenvalue weighted by Crippen LogP contribution is -2.05. The van der Waals surface area contributed by atoms with Crippen LogP contribution in [0, 0.1) is 0 Å². The van der Waals surface area contributed by atoms with Crippen LogP contribution in [0.4, 0.5) is 0 Å². The molecule has 43 heavy (non-hydrogen) atoms. The van der Waals surface area contributed by atoms with Gasteiger partial charge in [0.25, 0.3) is 0 Å². The van der Waals surface area contributed by atoms with Gasteiger partial charge in [-0.2, -0.15) is 0 Å². The van der Waals surface area contributed by atoms with Crippen LogP contribution in [0.25, 0.3) is 77.3 Å². The second-order valence-corrected chi connectivity index (χ2v) is 13.4. The summed E-state index contributed by atoms with van der Waals surface area (Å²) in [5.74, 6) is -0.0178. The Morgan fingerprint density at radius 3 is 1.63 bits per heavy atom. The normalized spacial score (nSPS) is 14.2. The van der Waals surface area contributed by atoms with Crippen LogP contribution in [0.3, 0.4) is 0 Å². The lowest BCUT2D eigenvalue weighted by atomic mass is 9.90. The van der Waals surface area contributed by atoms with E-state index in [2.05, 4.69) is 54.6 Å². The van der Waals surface area contributed by atoms with Crippen molar-refractivity contribution in [2.45, 2.75) is 11.5 Å². The monoisotopic (exact) mass is 576 g/mol. The van der Waals surface area contributed by atoms with E-state index >= 15 is 0 Å². The van der Waals surface area contributed by atoms with Crippen LogP contribution in [0.1, 0.15) is 11.1 Å².